The first-order chi connectivity index (χ1) is 13.4. The van der Waals surface area contributed by atoms with Crippen LogP contribution < -0.4 is 15.4 Å². The predicted molar refractivity (Wildman–Crippen MR) is 113 cm³/mol. The first-order valence-corrected chi connectivity index (χ1v) is 9.72. The normalized spacial score (nSPS) is 13.1. The molecule has 0 saturated carbocycles. The summed E-state index contributed by atoms with van der Waals surface area (Å²) in [4.78, 5) is 6.82. The Morgan fingerprint density at radius 2 is 1.93 bits per heavy atom. The number of aliphatic imine (C=N–C) groups is 1. The summed E-state index contributed by atoms with van der Waals surface area (Å²) in [5, 5.41) is 10.8. The molecule has 0 amide bonds. The van der Waals surface area contributed by atoms with Crippen LogP contribution in [0.15, 0.2) is 39.8 Å². The average Bonchev–Trinajstić information content (AvgIpc) is 3.16. The molecule has 7 heteroatoms. The Morgan fingerprint density at radius 3 is 2.46 bits per heavy atom. The zero-order valence-corrected chi connectivity index (χ0v) is 17.8. The molecule has 1 atom stereocenters. The van der Waals surface area contributed by atoms with E-state index < -0.39 is 0 Å². The van der Waals surface area contributed by atoms with Gasteiger partial charge < -0.3 is 24.8 Å². The van der Waals surface area contributed by atoms with Gasteiger partial charge in [-0.05, 0) is 44.6 Å². The number of ether oxygens (including phenoxy) is 1. The fourth-order valence-electron chi connectivity index (χ4n) is 2.79. The molecule has 1 unspecified atom stereocenters. The smallest absolute Gasteiger partial charge is 0.191 e. The summed E-state index contributed by atoms with van der Waals surface area (Å²) >= 11 is 0. The number of hydrogen-bond acceptors (Lipinski definition) is 5. The summed E-state index contributed by atoms with van der Waals surface area (Å²) < 4.78 is 10.6. The Morgan fingerprint density at radius 1 is 1.21 bits per heavy atom. The highest BCUT2D eigenvalue weighted by atomic mass is 16.5. The maximum Gasteiger partial charge on any atom is 0.191 e. The maximum absolute atomic E-state index is 5.38. The number of guanidine groups is 1. The monoisotopic (exact) mass is 387 g/mol. The minimum absolute atomic E-state index is 0.201. The molecule has 154 valence electrons. The summed E-state index contributed by atoms with van der Waals surface area (Å²) in [5.41, 5.74) is 2.17. The molecule has 0 aliphatic carbocycles. The van der Waals surface area contributed by atoms with Crippen LogP contribution in [-0.2, 0) is 6.54 Å². The maximum atomic E-state index is 5.38. The lowest BCUT2D eigenvalue weighted by atomic mass is 10.1. The van der Waals surface area contributed by atoms with E-state index in [1.54, 1.807) is 7.11 Å². The summed E-state index contributed by atoms with van der Waals surface area (Å²) in [6.07, 6.45) is 0. The molecule has 0 bridgehead atoms. The van der Waals surface area contributed by atoms with Gasteiger partial charge in [0.15, 0.2) is 11.7 Å². The number of likely N-dealkylation sites (N-methyl/N-ethyl adjacent to an activating group) is 1. The summed E-state index contributed by atoms with van der Waals surface area (Å²) in [5.74, 6) is 2.72. The van der Waals surface area contributed by atoms with E-state index in [1.165, 1.54) is 5.56 Å². The van der Waals surface area contributed by atoms with Crippen molar-refractivity contribution >= 4 is 5.96 Å². The van der Waals surface area contributed by atoms with Crippen LogP contribution in [-0.4, -0.2) is 50.3 Å². The van der Waals surface area contributed by atoms with Gasteiger partial charge >= 0.3 is 0 Å². The third-order valence-corrected chi connectivity index (χ3v) is 4.49. The van der Waals surface area contributed by atoms with Crippen molar-refractivity contribution in [3.63, 3.8) is 0 Å². The number of aromatic nitrogens is 1. The van der Waals surface area contributed by atoms with Crippen molar-refractivity contribution in [2.45, 2.75) is 39.3 Å². The van der Waals surface area contributed by atoms with Crippen molar-refractivity contribution in [1.29, 1.82) is 0 Å². The van der Waals surface area contributed by atoms with Crippen LogP contribution in [0.5, 0.6) is 5.75 Å². The fraction of sp³-hybridized carbons (Fsp3) is 0.524. The van der Waals surface area contributed by atoms with E-state index in [0.29, 0.717) is 12.5 Å². The van der Waals surface area contributed by atoms with Gasteiger partial charge in [-0.3, -0.25) is 0 Å². The van der Waals surface area contributed by atoms with Gasteiger partial charge in [-0.1, -0.05) is 31.1 Å². The highest BCUT2D eigenvalue weighted by molar-refractivity contribution is 5.79. The quantitative estimate of drug-likeness (QED) is 0.508. The van der Waals surface area contributed by atoms with Crippen LogP contribution in [0.1, 0.15) is 49.7 Å². The molecule has 1 heterocycles. The van der Waals surface area contributed by atoms with Crippen molar-refractivity contribution in [3.8, 4) is 5.75 Å². The molecule has 0 aliphatic rings. The van der Waals surface area contributed by atoms with Gasteiger partial charge in [-0.25, -0.2) is 4.99 Å². The van der Waals surface area contributed by atoms with Gasteiger partial charge in [0.05, 0.1) is 18.8 Å². The third-order valence-electron chi connectivity index (χ3n) is 4.49. The fourth-order valence-corrected chi connectivity index (χ4v) is 2.79. The van der Waals surface area contributed by atoms with Gasteiger partial charge in [-0.2, -0.15) is 0 Å². The van der Waals surface area contributed by atoms with Crippen molar-refractivity contribution in [2.24, 2.45) is 4.99 Å². The van der Waals surface area contributed by atoms with Gasteiger partial charge in [0, 0.05) is 19.2 Å². The molecule has 1 aromatic carbocycles. The van der Waals surface area contributed by atoms with Gasteiger partial charge in [0.2, 0.25) is 0 Å². The number of benzene rings is 1. The molecule has 0 radical (unpaired) electrons. The van der Waals surface area contributed by atoms with Crippen LogP contribution in [0.25, 0.3) is 0 Å². The molecule has 0 fully saturated rings. The number of methoxy groups -OCH3 is 1. The zero-order chi connectivity index (χ0) is 20.5. The highest BCUT2D eigenvalue weighted by Crippen LogP contribution is 2.20. The Hall–Kier alpha value is -2.54. The molecule has 2 rings (SSSR count). The van der Waals surface area contributed by atoms with Crippen LogP contribution >= 0.6 is 0 Å². The summed E-state index contributed by atoms with van der Waals surface area (Å²) in [7, 11) is 5.82. The molecule has 2 aromatic rings. The number of nitrogens with one attached hydrogen (secondary N) is 2. The molecular weight excluding hydrogens is 354 g/mol. The molecular formula is C21H33N5O2. The first-order valence-electron chi connectivity index (χ1n) is 9.72. The lowest BCUT2D eigenvalue weighted by Gasteiger charge is -2.26. The van der Waals surface area contributed by atoms with E-state index in [9.17, 15) is 0 Å². The van der Waals surface area contributed by atoms with E-state index in [-0.39, 0.29) is 6.04 Å². The summed E-state index contributed by atoms with van der Waals surface area (Å²) in [6.45, 7) is 8.20. The van der Waals surface area contributed by atoms with Crippen LogP contribution in [0, 0.1) is 0 Å². The van der Waals surface area contributed by atoms with E-state index in [1.807, 2.05) is 18.2 Å². The van der Waals surface area contributed by atoms with Crippen LogP contribution in [0.2, 0.25) is 0 Å². The molecule has 0 saturated heterocycles. The number of hydrogen-bond donors (Lipinski definition) is 2. The minimum atomic E-state index is 0.201. The second-order valence-electron chi connectivity index (χ2n) is 7.20. The van der Waals surface area contributed by atoms with Crippen molar-refractivity contribution in [2.75, 3.05) is 34.3 Å². The number of rotatable bonds is 9. The van der Waals surface area contributed by atoms with Crippen molar-refractivity contribution in [1.82, 2.24) is 20.7 Å². The Kier molecular flexibility index (Phi) is 8.32. The molecule has 0 spiro atoms. The van der Waals surface area contributed by atoms with E-state index in [2.05, 4.69) is 72.7 Å². The second-order valence-corrected chi connectivity index (χ2v) is 7.20. The van der Waals surface area contributed by atoms with E-state index in [4.69, 9.17) is 9.26 Å². The SMILES string of the molecule is CCNC(=NCc1cc(C(C)C)no1)NCC(c1ccc(OC)cc1)N(C)C. The van der Waals surface area contributed by atoms with Crippen molar-refractivity contribution in [3.05, 3.63) is 47.3 Å². The van der Waals surface area contributed by atoms with E-state index >= 15 is 0 Å². The number of nitrogens with zero attached hydrogens (tertiary/aromatic N) is 3. The lowest BCUT2D eigenvalue weighted by Crippen LogP contribution is -2.41. The van der Waals surface area contributed by atoms with Crippen LogP contribution in [0.3, 0.4) is 0 Å². The minimum Gasteiger partial charge on any atom is -0.497 e. The van der Waals surface area contributed by atoms with Gasteiger partial charge in [0.25, 0.3) is 0 Å². The third kappa shape index (κ3) is 6.27. The average molecular weight is 388 g/mol. The Balaban J connectivity index is 2.03. The second kappa shape index (κ2) is 10.7. The zero-order valence-electron chi connectivity index (χ0n) is 17.8. The molecule has 2 N–H and O–H groups in total. The molecule has 0 aliphatic heterocycles. The lowest BCUT2D eigenvalue weighted by molar-refractivity contribution is 0.298. The highest BCUT2D eigenvalue weighted by Gasteiger charge is 2.15. The van der Waals surface area contributed by atoms with Crippen LogP contribution in [0.4, 0.5) is 0 Å². The topological polar surface area (TPSA) is 74.9 Å². The Labute approximate surface area is 168 Å². The molecule has 1 aromatic heterocycles. The van der Waals surface area contributed by atoms with Gasteiger partial charge in [0.1, 0.15) is 12.3 Å². The van der Waals surface area contributed by atoms with Crippen molar-refractivity contribution < 1.29 is 9.26 Å². The standard InChI is InChI=1S/C21H33N5O2/c1-7-22-21(23-13-18-12-19(15(2)3)25-28-18)24-14-20(26(4)5)16-8-10-17(27-6)11-9-16/h8-12,15,20H,7,13-14H2,1-6H3,(H2,22,23,24). The van der Waals surface area contributed by atoms with Gasteiger partial charge in [-0.15, -0.1) is 0 Å². The molecule has 28 heavy (non-hydrogen) atoms. The van der Waals surface area contributed by atoms with E-state index in [0.717, 1.165) is 36.3 Å². The summed E-state index contributed by atoms with van der Waals surface area (Å²) in [6, 6.07) is 10.3. The first kappa shape index (κ1) is 21.8. The predicted octanol–water partition coefficient (Wildman–Crippen LogP) is 3.16. The molecule has 7 nitrogen and oxygen atoms in total. The largest absolute Gasteiger partial charge is 0.497 e. The Bertz CT molecular complexity index is 738.